The van der Waals surface area contributed by atoms with Crippen LogP contribution in [0, 0.1) is 5.41 Å². The fraction of sp³-hybridized carbons (Fsp3) is 1.00. The Morgan fingerprint density at radius 1 is 1.40 bits per heavy atom. The lowest BCUT2D eigenvalue weighted by Gasteiger charge is -2.55. The molecule has 2 aliphatic heterocycles. The fourth-order valence-electron chi connectivity index (χ4n) is 2.15. The minimum Gasteiger partial charge on any atom is -0.378 e. The van der Waals surface area contributed by atoms with Crippen LogP contribution in [0.5, 0.6) is 0 Å². The molecule has 58 valence electrons. The van der Waals surface area contributed by atoms with Crippen molar-refractivity contribution < 1.29 is 9.13 Å². The minimum atomic E-state index is -1.02. The Balaban J connectivity index is 2.08. The lowest BCUT2D eigenvalue weighted by molar-refractivity contribution is -0.196. The third-order valence-corrected chi connectivity index (χ3v) is 2.59. The molecule has 10 heavy (non-hydrogen) atoms. The quantitative estimate of drug-likeness (QED) is 0.582. The van der Waals surface area contributed by atoms with Gasteiger partial charge in [0.2, 0.25) is 0 Å². The van der Waals surface area contributed by atoms with E-state index in [2.05, 4.69) is 0 Å². The Morgan fingerprint density at radius 2 is 2.10 bits per heavy atom. The van der Waals surface area contributed by atoms with E-state index in [9.17, 15) is 4.39 Å². The van der Waals surface area contributed by atoms with E-state index in [1.807, 2.05) is 0 Å². The molecule has 1 saturated carbocycles. The number of fused-ring (bicyclic) bond motifs is 2. The highest BCUT2D eigenvalue weighted by Crippen LogP contribution is 2.53. The lowest BCUT2D eigenvalue weighted by atomic mass is 9.59. The average molecular weight is 145 g/mol. The lowest BCUT2D eigenvalue weighted by Crippen LogP contribution is -2.61. The third kappa shape index (κ3) is 0.705. The second-order valence-electron chi connectivity index (χ2n) is 3.70. The molecule has 0 aromatic rings. The van der Waals surface area contributed by atoms with Crippen molar-refractivity contribution in [1.29, 1.82) is 0 Å². The summed E-state index contributed by atoms with van der Waals surface area (Å²) in [5.41, 5.74) is 4.48. The maximum absolute atomic E-state index is 13.2. The van der Waals surface area contributed by atoms with Crippen molar-refractivity contribution in [2.24, 2.45) is 11.1 Å². The smallest absolute Gasteiger partial charge is 0.135 e. The second-order valence-corrected chi connectivity index (χ2v) is 3.70. The molecule has 2 bridgehead atoms. The first-order chi connectivity index (χ1) is 4.68. The zero-order valence-electron chi connectivity index (χ0n) is 5.90. The Hall–Kier alpha value is -0.150. The molecular weight excluding hydrogens is 133 g/mol. The van der Waals surface area contributed by atoms with Gasteiger partial charge in [-0.25, -0.2) is 4.39 Å². The van der Waals surface area contributed by atoms with E-state index in [1.54, 1.807) is 0 Å². The predicted octanol–water partition coefficient (Wildman–Crippen LogP) is 0.464. The number of rotatable bonds is 1. The van der Waals surface area contributed by atoms with Crippen molar-refractivity contribution in [3.63, 3.8) is 0 Å². The molecule has 3 fully saturated rings. The van der Waals surface area contributed by atoms with Gasteiger partial charge in [-0.3, -0.25) is 0 Å². The summed E-state index contributed by atoms with van der Waals surface area (Å²) < 4.78 is 18.3. The standard InChI is InChI=1S/C7H12FNO/c8-7-1-6(2-7,3-9)4-10-5-7/h1-5,9H2. The highest BCUT2D eigenvalue weighted by Gasteiger charge is 2.58. The summed E-state index contributed by atoms with van der Waals surface area (Å²) in [7, 11) is 0. The Bertz CT molecular complexity index is 154. The van der Waals surface area contributed by atoms with E-state index in [1.165, 1.54) is 0 Å². The van der Waals surface area contributed by atoms with Crippen LogP contribution in [0.25, 0.3) is 0 Å². The highest BCUT2D eigenvalue weighted by atomic mass is 19.1. The zero-order chi connectivity index (χ0) is 7.24. The molecule has 2 N–H and O–H groups in total. The Morgan fingerprint density at radius 3 is 2.50 bits per heavy atom. The fourth-order valence-corrected chi connectivity index (χ4v) is 2.15. The molecule has 0 spiro atoms. The first-order valence-corrected chi connectivity index (χ1v) is 3.65. The van der Waals surface area contributed by atoms with Crippen molar-refractivity contribution in [2.75, 3.05) is 19.8 Å². The van der Waals surface area contributed by atoms with Crippen molar-refractivity contribution in [1.82, 2.24) is 0 Å². The van der Waals surface area contributed by atoms with E-state index in [0.717, 1.165) is 0 Å². The highest BCUT2D eigenvalue weighted by molar-refractivity contribution is 5.08. The summed E-state index contributed by atoms with van der Waals surface area (Å²) in [5, 5.41) is 0. The molecule has 2 saturated heterocycles. The Kier molecular flexibility index (Phi) is 1.12. The van der Waals surface area contributed by atoms with Gasteiger partial charge in [-0.1, -0.05) is 0 Å². The first-order valence-electron chi connectivity index (χ1n) is 3.65. The topological polar surface area (TPSA) is 35.2 Å². The summed E-state index contributed by atoms with van der Waals surface area (Å²) in [6.07, 6.45) is 1.24. The van der Waals surface area contributed by atoms with Crippen LogP contribution in [0.15, 0.2) is 0 Å². The van der Waals surface area contributed by atoms with Gasteiger partial charge in [-0.15, -0.1) is 0 Å². The molecule has 0 radical (unpaired) electrons. The minimum absolute atomic E-state index is 0.00694. The maximum Gasteiger partial charge on any atom is 0.135 e. The SMILES string of the molecule is NCC12COCC(F)(C1)C2. The molecule has 0 aromatic heterocycles. The van der Waals surface area contributed by atoms with Gasteiger partial charge in [0.15, 0.2) is 0 Å². The summed E-state index contributed by atoms with van der Waals surface area (Å²) in [6.45, 7) is 1.52. The number of ether oxygens (including phenoxy) is 1. The number of alkyl halides is 1. The third-order valence-electron chi connectivity index (χ3n) is 2.59. The van der Waals surface area contributed by atoms with E-state index < -0.39 is 5.67 Å². The van der Waals surface area contributed by atoms with Crippen molar-refractivity contribution in [3.8, 4) is 0 Å². The summed E-state index contributed by atoms with van der Waals surface area (Å²) in [6, 6.07) is 0. The van der Waals surface area contributed by atoms with Gasteiger partial charge in [0.05, 0.1) is 13.2 Å². The first kappa shape index (κ1) is 6.55. The van der Waals surface area contributed by atoms with Crippen LogP contribution in [0.1, 0.15) is 12.8 Å². The van der Waals surface area contributed by atoms with E-state index in [-0.39, 0.29) is 12.0 Å². The van der Waals surface area contributed by atoms with Gasteiger partial charge in [-0.05, 0) is 12.8 Å². The molecular formula is C7H12FNO. The van der Waals surface area contributed by atoms with Crippen LogP contribution in [-0.2, 0) is 4.74 Å². The van der Waals surface area contributed by atoms with Crippen LogP contribution >= 0.6 is 0 Å². The Labute approximate surface area is 59.5 Å². The van der Waals surface area contributed by atoms with Gasteiger partial charge in [-0.2, -0.15) is 0 Å². The summed E-state index contributed by atoms with van der Waals surface area (Å²) in [5.74, 6) is 0. The van der Waals surface area contributed by atoms with Gasteiger partial charge in [0.1, 0.15) is 5.67 Å². The van der Waals surface area contributed by atoms with E-state index in [0.29, 0.717) is 26.0 Å². The molecule has 0 atom stereocenters. The van der Waals surface area contributed by atoms with Crippen molar-refractivity contribution in [3.05, 3.63) is 0 Å². The maximum atomic E-state index is 13.2. The zero-order valence-corrected chi connectivity index (χ0v) is 5.90. The monoisotopic (exact) mass is 145 g/mol. The van der Waals surface area contributed by atoms with Crippen LogP contribution in [-0.4, -0.2) is 25.4 Å². The number of hydrogen-bond acceptors (Lipinski definition) is 2. The molecule has 2 heterocycles. The average Bonchev–Trinajstić information content (AvgIpc) is 1.86. The van der Waals surface area contributed by atoms with Gasteiger partial charge in [0, 0.05) is 12.0 Å². The summed E-state index contributed by atoms with van der Waals surface area (Å²) in [4.78, 5) is 0. The number of halogens is 1. The van der Waals surface area contributed by atoms with Crippen LogP contribution in [0.3, 0.4) is 0 Å². The largest absolute Gasteiger partial charge is 0.378 e. The number of hydrogen-bond donors (Lipinski definition) is 1. The normalized spacial score (nSPS) is 52.2. The van der Waals surface area contributed by atoms with Crippen LogP contribution in [0.4, 0.5) is 4.39 Å². The molecule has 0 amide bonds. The summed E-state index contributed by atoms with van der Waals surface area (Å²) >= 11 is 0. The second kappa shape index (κ2) is 1.71. The van der Waals surface area contributed by atoms with Crippen LogP contribution in [0.2, 0.25) is 0 Å². The number of nitrogens with two attached hydrogens (primary N) is 1. The van der Waals surface area contributed by atoms with Crippen molar-refractivity contribution in [2.45, 2.75) is 18.5 Å². The van der Waals surface area contributed by atoms with Gasteiger partial charge in [0.25, 0.3) is 0 Å². The molecule has 1 aliphatic carbocycles. The molecule has 3 aliphatic rings. The molecule has 0 aromatic carbocycles. The van der Waals surface area contributed by atoms with Gasteiger partial charge < -0.3 is 10.5 Å². The van der Waals surface area contributed by atoms with Gasteiger partial charge >= 0.3 is 0 Å². The van der Waals surface area contributed by atoms with E-state index >= 15 is 0 Å². The van der Waals surface area contributed by atoms with Crippen LogP contribution < -0.4 is 5.73 Å². The molecule has 3 heteroatoms. The van der Waals surface area contributed by atoms with E-state index in [4.69, 9.17) is 10.5 Å². The predicted molar refractivity (Wildman–Crippen MR) is 35.4 cm³/mol. The molecule has 3 rings (SSSR count). The van der Waals surface area contributed by atoms with Crippen molar-refractivity contribution >= 4 is 0 Å². The molecule has 0 unspecified atom stereocenters. The molecule has 2 nitrogen and oxygen atoms in total.